The maximum Gasteiger partial charge on any atom is 0.269 e. The molecule has 0 atom stereocenters. The lowest BCUT2D eigenvalue weighted by atomic mass is 10.1. The number of hydrogen-bond acceptors (Lipinski definition) is 2. The lowest BCUT2D eigenvalue weighted by Gasteiger charge is -1.99. The molecule has 0 aliphatic heterocycles. The number of unbranched alkanes of at least 4 members (excludes halogenated alkanes) is 2. The highest BCUT2D eigenvalue weighted by molar-refractivity contribution is 7.85. The topological polar surface area (TPSA) is 54.4 Å². The van der Waals surface area contributed by atoms with Gasteiger partial charge in [0.15, 0.2) is 0 Å². The number of halogens is 2. The van der Waals surface area contributed by atoms with Crippen LogP contribution in [0.25, 0.3) is 0 Å². The first-order chi connectivity index (χ1) is 6.33. The van der Waals surface area contributed by atoms with Crippen molar-refractivity contribution in [2.45, 2.75) is 32.6 Å². The molecule has 1 N–H and O–H groups in total. The van der Waals surface area contributed by atoms with Gasteiger partial charge in [0.2, 0.25) is 0 Å². The van der Waals surface area contributed by atoms with Gasteiger partial charge in [0.1, 0.15) is 0 Å². The van der Waals surface area contributed by atoms with Crippen LogP contribution in [0.3, 0.4) is 0 Å². The summed E-state index contributed by atoms with van der Waals surface area (Å²) in [6.45, 7) is 1.35. The third-order valence-electron chi connectivity index (χ3n) is 1.78. The van der Waals surface area contributed by atoms with E-state index in [2.05, 4.69) is 0 Å². The summed E-state index contributed by atoms with van der Waals surface area (Å²) in [7, 11) is -3.90. The normalized spacial score (nSPS) is 11.4. The van der Waals surface area contributed by atoms with E-state index in [1.165, 1.54) is 6.92 Å². The van der Waals surface area contributed by atoms with E-state index >= 15 is 0 Å². The third-order valence-corrected chi connectivity index (χ3v) is 2.58. The molecule has 0 rings (SSSR count). The van der Waals surface area contributed by atoms with Crippen LogP contribution in [0.4, 0.5) is 8.78 Å². The molecule has 0 unspecified atom stereocenters. The van der Waals surface area contributed by atoms with Crippen LogP contribution in [0.1, 0.15) is 32.6 Å². The van der Waals surface area contributed by atoms with Gasteiger partial charge >= 0.3 is 0 Å². The summed E-state index contributed by atoms with van der Waals surface area (Å²) >= 11 is 0. The van der Waals surface area contributed by atoms with Crippen LogP contribution in [-0.2, 0) is 10.1 Å². The van der Waals surface area contributed by atoms with Gasteiger partial charge in [-0.2, -0.15) is 17.2 Å². The summed E-state index contributed by atoms with van der Waals surface area (Å²) in [5.41, 5.74) is 0.0388. The summed E-state index contributed by atoms with van der Waals surface area (Å²) in [5, 5.41) is 0. The van der Waals surface area contributed by atoms with Crippen molar-refractivity contribution in [3.63, 3.8) is 0 Å². The summed E-state index contributed by atoms with van der Waals surface area (Å²) in [5.74, 6) is -0.298. The van der Waals surface area contributed by atoms with E-state index in [0.29, 0.717) is 19.3 Å². The molecule has 0 fully saturated rings. The Balaban J connectivity index is 3.54. The summed E-state index contributed by atoms with van der Waals surface area (Å²) in [6.07, 6.45) is -0.0588. The Hall–Kier alpha value is -0.490. The van der Waals surface area contributed by atoms with Crippen LogP contribution in [0.2, 0.25) is 0 Å². The van der Waals surface area contributed by atoms with Gasteiger partial charge < -0.3 is 0 Å². The molecule has 3 nitrogen and oxygen atoms in total. The van der Waals surface area contributed by atoms with E-state index in [1.807, 2.05) is 0 Å². The molecule has 0 aromatic carbocycles. The molecule has 6 heteroatoms. The molecule has 0 amide bonds. The monoisotopic (exact) mass is 228 g/mol. The van der Waals surface area contributed by atoms with E-state index < -0.39 is 16.2 Å². The summed E-state index contributed by atoms with van der Waals surface area (Å²) in [4.78, 5) is 0. The minimum Gasteiger partial charge on any atom is -0.286 e. The average molecular weight is 228 g/mol. The van der Waals surface area contributed by atoms with Crippen LogP contribution >= 0.6 is 0 Å². The van der Waals surface area contributed by atoms with Crippen LogP contribution in [0.5, 0.6) is 0 Å². The molecule has 84 valence electrons. The molecular weight excluding hydrogens is 214 g/mol. The second-order valence-electron chi connectivity index (χ2n) is 3.14. The van der Waals surface area contributed by atoms with Crippen LogP contribution < -0.4 is 0 Å². The standard InChI is InChI=1S/C8H14F2O3S/c1-7(8(9)10)5-3-2-4-6-14(11,12)13/h2-6H2,1H3,(H,11,12,13). The minimum absolute atomic E-state index is 0.0388. The van der Waals surface area contributed by atoms with Crippen LogP contribution in [0, 0.1) is 0 Å². The van der Waals surface area contributed by atoms with Gasteiger partial charge in [-0.05, 0) is 31.8 Å². The maximum absolute atomic E-state index is 11.9. The van der Waals surface area contributed by atoms with Gasteiger partial charge in [-0.3, -0.25) is 4.55 Å². The molecule has 0 bridgehead atoms. The van der Waals surface area contributed by atoms with E-state index in [9.17, 15) is 17.2 Å². The minimum atomic E-state index is -3.90. The van der Waals surface area contributed by atoms with Crippen LogP contribution in [0.15, 0.2) is 11.7 Å². The van der Waals surface area contributed by atoms with Crippen molar-refractivity contribution in [2.75, 3.05) is 5.75 Å². The third kappa shape index (κ3) is 8.12. The zero-order valence-corrected chi connectivity index (χ0v) is 8.78. The quantitative estimate of drug-likeness (QED) is 0.561. The molecule has 0 aliphatic carbocycles. The molecule has 14 heavy (non-hydrogen) atoms. The van der Waals surface area contributed by atoms with Crippen molar-refractivity contribution in [3.8, 4) is 0 Å². The van der Waals surface area contributed by atoms with Crippen molar-refractivity contribution < 1.29 is 21.8 Å². The zero-order valence-electron chi connectivity index (χ0n) is 7.96. The largest absolute Gasteiger partial charge is 0.286 e. The van der Waals surface area contributed by atoms with Crippen molar-refractivity contribution >= 4 is 10.1 Å². The first kappa shape index (κ1) is 13.5. The molecular formula is C8H14F2O3S. The number of rotatable bonds is 6. The first-order valence-electron chi connectivity index (χ1n) is 4.29. The molecule has 0 aromatic heterocycles. The van der Waals surface area contributed by atoms with E-state index in [-0.39, 0.29) is 17.7 Å². The summed E-state index contributed by atoms with van der Waals surface area (Å²) < 4.78 is 52.6. The predicted molar refractivity (Wildman–Crippen MR) is 49.8 cm³/mol. The summed E-state index contributed by atoms with van der Waals surface area (Å²) in [6, 6.07) is 0. The maximum atomic E-state index is 11.9. The van der Waals surface area contributed by atoms with Crippen LogP contribution in [-0.4, -0.2) is 18.7 Å². The van der Waals surface area contributed by atoms with Gasteiger partial charge in [0.05, 0.1) is 5.75 Å². The number of allylic oxidation sites excluding steroid dienone is 1. The van der Waals surface area contributed by atoms with Gasteiger partial charge in [0.25, 0.3) is 16.2 Å². The highest BCUT2D eigenvalue weighted by Crippen LogP contribution is 2.14. The molecule has 0 radical (unpaired) electrons. The molecule has 0 spiro atoms. The fraction of sp³-hybridized carbons (Fsp3) is 0.750. The van der Waals surface area contributed by atoms with E-state index in [4.69, 9.17) is 4.55 Å². The lowest BCUT2D eigenvalue weighted by molar-refractivity contribution is 0.406. The van der Waals surface area contributed by atoms with Crippen molar-refractivity contribution in [1.82, 2.24) is 0 Å². The van der Waals surface area contributed by atoms with E-state index in [1.54, 1.807) is 0 Å². The average Bonchev–Trinajstić information content (AvgIpc) is 2.01. The second kappa shape index (κ2) is 6.08. The van der Waals surface area contributed by atoms with E-state index in [0.717, 1.165) is 0 Å². The Morgan fingerprint density at radius 1 is 1.21 bits per heavy atom. The van der Waals surface area contributed by atoms with Crippen molar-refractivity contribution in [3.05, 3.63) is 11.7 Å². The fourth-order valence-corrected chi connectivity index (χ4v) is 1.51. The van der Waals surface area contributed by atoms with Gasteiger partial charge in [-0.15, -0.1) is 0 Å². The van der Waals surface area contributed by atoms with Gasteiger partial charge in [0, 0.05) is 0 Å². The Morgan fingerprint density at radius 2 is 1.79 bits per heavy atom. The molecule has 0 aliphatic rings. The lowest BCUT2D eigenvalue weighted by Crippen LogP contribution is -2.03. The predicted octanol–water partition coefficient (Wildman–Crippen LogP) is 2.61. The van der Waals surface area contributed by atoms with Gasteiger partial charge in [-0.25, -0.2) is 0 Å². The van der Waals surface area contributed by atoms with Gasteiger partial charge in [-0.1, -0.05) is 6.42 Å². The Bertz CT molecular complexity index is 292. The molecule has 0 aromatic rings. The number of hydrogen-bond donors (Lipinski definition) is 1. The van der Waals surface area contributed by atoms with Crippen molar-refractivity contribution in [1.29, 1.82) is 0 Å². The first-order valence-corrected chi connectivity index (χ1v) is 5.90. The Morgan fingerprint density at radius 3 is 2.21 bits per heavy atom. The Kier molecular flexibility index (Phi) is 5.87. The van der Waals surface area contributed by atoms with Crippen molar-refractivity contribution in [2.24, 2.45) is 0 Å². The Labute approximate surface area is 82.6 Å². The highest BCUT2D eigenvalue weighted by Gasteiger charge is 2.04. The smallest absolute Gasteiger partial charge is 0.269 e. The second-order valence-corrected chi connectivity index (χ2v) is 4.71. The molecule has 0 saturated heterocycles. The molecule has 0 saturated carbocycles. The SMILES string of the molecule is CC(CCCCCS(=O)(=O)O)=C(F)F. The fourth-order valence-electron chi connectivity index (χ4n) is 0.946. The zero-order chi connectivity index (χ0) is 11.2. The molecule has 0 heterocycles. The highest BCUT2D eigenvalue weighted by atomic mass is 32.2.